The van der Waals surface area contributed by atoms with Crippen molar-refractivity contribution in [1.29, 1.82) is 0 Å². The number of nitrogen functional groups attached to an aromatic ring is 1. The largest absolute Gasteiger partial charge is 0.375 e. The zero-order chi connectivity index (χ0) is 15.1. The third-order valence-electron chi connectivity index (χ3n) is 3.94. The number of halogens is 2. The SMILES string of the molecule is Cc1sc(N)nc1-c1cc(F)c(N2CCC[C@@H]2C)c(F)c1. The van der Waals surface area contributed by atoms with Crippen molar-refractivity contribution in [3.8, 4) is 11.3 Å². The first-order valence-electron chi connectivity index (χ1n) is 6.96. The number of anilines is 2. The first-order chi connectivity index (χ1) is 9.97. The van der Waals surface area contributed by atoms with Crippen LogP contribution in [0.2, 0.25) is 0 Å². The van der Waals surface area contributed by atoms with Crippen LogP contribution in [0.1, 0.15) is 24.6 Å². The number of hydrogen-bond donors (Lipinski definition) is 1. The summed E-state index contributed by atoms with van der Waals surface area (Å²) in [6.45, 7) is 4.53. The first kappa shape index (κ1) is 14.3. The van der Waals surface area contributed by atoms with Crippen LogP contribution in [0.4, 0.5) is 19.6 Å². The molecule has 2 heterocycles. The third kappa shape index (κ3) is 2.48. The minimum absolute atomic E-state index is 0.0737. The zero-order valence-corrected chi connectivity index (χ0v) is 12.8. The van der Waals surface area contributed by atoms with Gasteiger partial charge >= 0.3 is 0 Å². The van der Waals surface area contributed by atoms with Gasteiger partial charge in [-0.15, -0.1) is 11.3 Å². The molecule has 3 rings (SSSR count). The highest BCUT2D eigenvalue weighted by Crippen LogP contribution is 2.35. The van der Waals surface area contributed by atoms with E-state index in [1.807, 2.05) is 13.8 Å². The van der Waals surface area contributed by atoms with E-state index in [-0.39, 0.29) is 11.7 Å². The summed E-state index contributed by atoms with van der Waals surface area (Å²) in [5.41, 5.74) is 6.71. The van der Waals surface area contributed by atoms with Gasteiger partial charge in [0.05, 0.1) is 5.69 Å². The molecular weight excluding hydrogens is 292 g/mol. The maximum atomic E-state index is 14.4. The van der Waals surface area contributed by atoms with Gasteiger partial charge in [0, 0.05) is 23.0 Å². The summed E-state index contributed by atoms with van der Waals surface area (Å²) >= 11 is 1.32. The van der Waals surface area contributed by atoms with Gasteiger partial charge in [-0.25, -0.2) is 13.8 Å². The summed E-state index contributed by atoms with van der Waals surface area (Å²) in [6.07, 6.45) is 1.92. The molecule has 21 heavy (non-hydrogen) atoms. The second-order valence-corrected chi connectivity index (χ2v) is 6.66. The number of aryl methyl sites for hydroxylation is 1. The zero-order valence-electron chi connectivity index (χ0n) is 12.0. The van der Waals surface area contributed by atoms with Crippen LogP contribution in [-0.2, 0) is 0 Å². The highest BCUT2D eigenvalue weighted by atomic mass is 32.1. The average Bonchev–Trinajstić information content (AvgIpc) is 2.95. The molecule has 0 amide bonds. The maximum Gasteiger partial charge on any atom is 0.180 e. The van der Waals surface area contributed by atoms with Crippen molar-refractivity contribution >= 4 is 22.2 Å². The number of rotatable bonds is 2. The number of nitrogens with two attached hydrogens (primary N) is 1. The van der Waals surface area contributed by atoms with E-state index in [4.69, 9.17) is 5.73 Å². The quantitative estimate of drug-likeness (QED) is 0.913. The first-order valence-corrected chi connectivity index (χ1v) is 7.78. The summed E-state index contributed by atoms with van der Waals surface area (Å²) in [4.78, 5) is 6.81. The smallest absolute Gasteiger partial charge is 0.180 e. The molecule has 0 unspecified atom stereocenters. The van der Waals surface area contributed by atoms with Crippen LogP contribution < -0.4 is 10.6 Å². The van der Waals surface area contributed by atoms with Crippen molar-refractivity contribution in [3.05, 3.63) is 28.6 Å². The molecular formula is C15H17F2N3S. The molecule has 0 bridgehead atoms. The minimum atomic E-state index is -0.537. The van der Waals surface area contributed by atoms with E-state index in [1.165, 1.54) is 23.5 Å². The van der Waals surface area contributed by atoms with Gasteiger partial charge in [-0.1, -0.05) is 0 Å². The van der Waals surface area contributed by atoms with Crippen LogP contribution in [0.5, 0.6) is 0 Å². The average molecular weight is 309 g/mol. The molecule has 1 aliphatic rings. The summed E-state index contributed by atoms with van der Waals surface area (Å²) in [6, 6.07) is 2.87. The number of hydrogen-bond acceptors (Lipinski definition) is 4. The van der Waals surface area contributed by atoms with Crippen LogP contribution in [0, 0.1) is 18.6 Å². The molecule has 1 aliphatic heterocycles. The van der Waals surface area contributed by atoms with Crippen LogP contribution in [-0.4, -0.2) is 17.6 Å². The fourth-order valence-corrected chi connectivity index (χ4v) is 3.64. The van der Waals surface area contributed by atoms with Crippen molar-refractivity contribution in [2.75, 3.05) is 17.2 Å². The van der Waals surface area contributed by atoms with Crippen LogP contribution in [0.15, 0.2) is 12.1 Å². The molecule has 1 fully saturated rings. The van der Waals surface area contributed by atoms with Gasteiger partial charge in [0.25, 0.3) is 0 Å². The Morgan fingerprint density at radius 1 is 1.33 bits per heavy atom. The molecule has 6 heteroatoms. The van der Waals surface area contributed by atoms with Gasteiger partial charge in [-0.2, -0.15) is 0 Å². The van der Waals surface area contributed by atoms with Gasteiger partial charge in [0.15, 0.2) is 5.13 Å². The summed E-state index contributed by atoms with van der Waals surface area (Å²) in [7, 11) is 0. The van der Waals surface area contributed by atoms with E-state index >= 15 is 0 Å². The standard InChI is InChI=1S/C15H17F2N3S/c1-8-4-3-5-20(8)14-11(16)6-10(7-12(14)17)13-9(2)21-15(18)19-13/h6-8H,3-5H2,1-2H3,(H2,18,19)/t8-/m0/s1. The second-order valence-electron chi connectivity index (χ2n) is 5.43. The normalized spacial score (nSPS) is 18.5. The number of thiazole rings is 1. The number of nitrogens with zero attached hydrogens (tertiary/aromatic N) is 2. The molecule has 2 aromatic rings. The van der Waals surface area contributed by atoms with Crippen LogP contribution in [0.25, 0.3) is 11.3 Å². The predicted octanol–water partition coefficient (Wildman–Crippen LogP) is 3.97. The number of benzene rings is 1. The molecule has 0 spiro atoms. The Morgan fingerprint density at radius 2 is 2.00 bits per heavy atom. The lowest BCUT2D eigenvalue weighted by molar-refractivity contribution is 0.568. The van der Waals surface area contributed by atoms with E-state index < -0.39 is 11.6 Å². The molecule has 1 aromatic carbocycles. The van der Waals surface area contributed by atoms with Crippen LogP contribution in [0.3, 0.4) is 0 Å². The van der Waals surface area contributed by atoms with E-state index in [1.54, 1.807) is 4.90 Å². The van der Waals surface area contributed by atoms with Crippen molar-refractivity contribution in [2.24, 2.45) is 0 Å². The Balaban J connectivity index is 2.06. The van der Waals surface area contributed by atoms with Crippen molar-refractivity contribution in [3.63, 3.8) is 0 Å². The van der Waals surface area contributed by atoms with E-state index in [0.29, 0.717) is 22.9 Å². The Bertz CT molecular complexity index is 661. The van der Waals surface area contributed by atoms with Gasteiger partial charge in [0.2, 0.25) is 0 Å². The Hall–Kier alpha value is -1.69. The van der Waals surface area contributed by atoms with Gasteiger partial charge in [-0.05, 0) is 38.8 Å². The molecule has 2 N–H and O–H groups in total. The molecule has 0 radical (unpaired) electrons. The summed E-state index contributed by atoms with van der Waals surface area (Å²) < 4.78 is 28.8. The van der Waals surface area contributed by atoms with E-state index in [2.05, 4.69) is 4.98 Å². The molecule has 1 saturated heterocycles. The monoisotopic (exact) mass is 309 g/mol. The molecule has 0 aliphatic carbocycles. The highest BCUT2D eigenvalue weighted by Gasteiger charge is 2.27. The fraction of sp³-hybridized carbons (Fsp3) is 0.400. The van der Waals surface area contributed by atoms with Gasteiger partial charge in [0.1, 0.15) is 17.3 Å². The fourth-order valence-electron chi connectivity index (χ4n) is 2.93. The summed E-state index contributed by atoms with van der Waals surface area (Å²) in [5.74, 6) is -1.07. The second kappa shape index (κ2) is 5.26. The lowest BCUT2D eigenvalue weighted by atomic mass is 10.1. The number of aromatic nitrogens is 1. The Kier molecular flexibility index (Phi) is 3.57. The third-order valence-corrected chi connectivity index (χ3v) is 4.74. The van der Waals surface area contributed by atoms with E-state index in [9.17, 15) is 8.78 Å². The topological polar surface area (TPSA) is 42.1 Å². The van der Waals surface area contributed by atoms with Crippen molar-refractivity contribution < 1.29 is 8.78 Å². The Labute approximate surface area is 126 Å². The molecule has 3 nitrogen and oxygen atoms in total. The van der Waals surface area contributed by atoms with Gasteiger partial charge < -0.3 is 10.6 Å². The van der Waals surface area contributed by atoms with Crippen molar-refractivity contribution in [2.45, 2.75) is 32.7 Å². The molecule has 112 valence electrons. The lowest BCUT2D eigenvalue weighted by Gasteiger charge is -2.25. The molecule has 1 atom stereocenters. The maximum absolute atomic E-state index is 14.4. The van der Waals surface area contributed by atoms with Crippen molar-refractivity contribution in [1.82, 2.24) is 4.98 Å². The highest BCUT2D eigenvalue weighted by molar-refractivity contribution is 7.15. The van der Waals surface area contributed by atoms with E-state index in [0.717, 1.165) is 17.7 Å². The Morgan fingerprint density at radius 3 is 2.48 bits per heavy atom. The predicted molar refractivity (Wildman–Crippen MR) is 82.7 cm³/mol. The lowest BCUT2D eigenvalue weighted by Crippen LogP contribution is -2.28. The minimum Gasteiger partial charge on any atom is -0.375 e. The molecule has 1 aromatic heterocycles. The van der Waals surface area contributed by atoms with Crippen LogP contribution >= 0.6 is 11.3 Å². The van der Waals surface area contributed by atoms with Gasteiger partial charge in [-0.3, -0.25) is 0 Å². The molecule has 0 saturated carbocycles. The summed E-state index contributed by atoms with van der Waals surface area (Å²) in [5, 5.41) is 0.403.